The van der Waals surface area contributed by atoms with Crippen molar-refractivity contribution >= 4 is 16.9 Å². The van der Waals surface area contributed by atoms with E-state index in [-0.39, 0.29) is 0 Å². The van der Waals surface area contributed by atoms with Crippen LogP contribution in [0.25, 0.3) is 11.0 Å². The van der Waals surface area contributed by atoms with Crippen LogP contribution in [0.5, 0.6) is 5.75 Å². The van der Waals surface area contributed by atoms with Gasteiger partial charge in [-0.15, -0.1) is 0 Å². The van der Waals surface area contributed by atoms with Crippen LogP contribution in [0.15, 0.2) is 27.4 Å². The molecule has 4 nitrogen and oxygen atoms in total. The molecule has 1 aromatic heterocycles. The molecular weight excluding hydrogens is 220 g/mol. The quantitative estimate of drug-likeness (QED) is 0.430. The van der Waals surface area contributed by atoms with Gasteiger partial charge in [0.2, 0.25) is 0 Å². The second-order valence-corrected chi connectivity index (χ2v) is 3.88. The first-order valence-electron chi connectivity index (χ1n) is 5.21. The fourth-order valence-corrected chi connectivity index (χ4v) is 1.72. The van der Waals surface area contributed by atoms with Crippen LogP contribution in [-0.4, -0.2) is 5.97 Å². The van der Waals surface area contributed by atoms with E-state index in [4.69, 9.17) is 9.15 Å². The second kappa shape index (κ2) is 4.05. The fraction of sp³-hybridized carbons (Fsp3) is 0.231. The fourth-order valence-electron chi connectivity index (χ4n) is 1.72. The van der Waals surface area contributed by atoms with Crippen LogP contribution in [0.4, 0.5) is 0 Å². The molecule has 0 aliphatic heterocycles. The van der Waals surface area contributed by atoms with E-state index in [0.29, 0.717) is 11.3 Å². The zero-order valence-electron chi connectivity index (χ0n) is 9.87. The highest BCUT2D eigenvalue weighted by Crippen LogP contribution is 2.29. The lowest BCUT2D eigenvalue weighted by atomic mass is 10.0. The third-order valence-corrected chi connectivity index (χ3v) is 2.71. The number of carbonyl (C=O) groups excluding carboxylic acids is 1. The van der Waals surface area contributed by atoms with Crippen molar-refractivity contribution in [1.29, 1.82) is 0 Å². The SMILES string of the molecule is CC(=O)Oc1cc2oc(=O)ccc2c(C)c1C. The first-order valence-corrected chi connectivity index (χ1v) is 5.21. The Kier molecular flexibility index (Phi) is 2.71. The van der Waals surface area contributed by atoms with Crippen molar-refractivity contribution in [2.24, 2.45) is 0 Å². The minimum absolute atomic E-state index is 0.398. The predicted octanol–water partition coefficient (Wildman–Crippen LogP) is 2.34. The molecule has 0 fully saturated rings. The molecule has 0 radical (unpaired) electrons. The normalized spacial score (nSPS) is 10.5. The predicted molar refractivity (Wildman–Crippen MR) is 63.3 cm³/mol. The Morgan fingerprint density at radius 2 is 1.94 bits per heavy atom. The summed E-state index contributed by atoms with van der Waals surface area (Å²) in [6.45, 7) is 5.09. The average molecular weight is 232 g/mol. The van der Waals surface area contributed by atoms with Crippen LogP contribution in [0, 0.1) is 13.8 Å². The lowest BCUT2D eigenvalue weighted by Gasteiger charge is -2.10. The highest BCUT2D eigenvalue weighted by molar-refractivity contribution is 5.84. The molecule has 17 heavy (non-hydrogen) atoms. The number of hydrogen-bond donors (Lipinski definition) is 0. The Bertz CT molecular complexity index is 652. The maximum Gasteiger partial charge on any atom is 0.336 e. The summed E-state index contributed by atoms with van der Waals surface area (Å²) < 4.78 is 10.1. The summed E-state index contributed by atoms with van der Waals surface area (Å²) in [5.74, 6) is 0.0296. The zero-order valence-corrected chi connectivity index (χ0v) is 9.87. The van der Waals surface area contributed by atoms with Gasteiger partial charge in [-0.3, -0.25) is 4.79 Å². The molecule has 2 aromatic rings. The summed E-state index contributed by atoms with van der Waals surface area (Å²) in [6, 6.07) is 4.65. The van der Waals surface area contributed by atoms with Gasteiger partial charge in [0.15, 0.2) is 0 Å². The van der Waals surface area contributed by atoms with Crippen molar-refractivity contribution in [1.82, 2.24) is 0 Å². The highest BCUT2D eigenvalue weighted by atomic mass is 16.5. The minimum Gasteiger partial charge on any atom is -0.426 e. The molecular formula is C13H12O4. The molecule has 0 saturated heterocycles. The maximum absolute atomic E-state index is 11.1. The number of ether oxygens (including phenoxy) is 1. The van der Waals surface area contributed by atoms with Gasteiger partial charge in [0.05, 0.1) is 0 Å². The number of benzene rings is 1. The standard InChI is InChI=1S/C13H12O4/c1-7-8(2)11(16-9(3)14)6-12-10(7)4-5-13(15)17-12/h4-6H,1-3H3. The first-order chi connectivity index (χ1) is 7.99. The molecule has 0 aliphatic rings. The molecule has 2 rings (SSSR count). The Morgan fingerprint density at radius 1 is 1.24 bits per heavy atom. The summed E-state index contributed by atoms with van der Waals surface area (Å²) in [5.41, 5.74) is 1.80. The van der Waals surface area contributed by atoms with Crippen LogP contribution in [0.2, 0.25) is 0 Å². The van der Waals surface area contributed by atoms with E-state index in [2.05, 4.69) is 0 Å². The molecule has 0 N–H and O–H groups in total. The average Bonchev–Trinajstić information content (AvgIpc) is 2.24. The third-order valence-electron chi connectivity index (χ3n) is 2.71. The van der Waals surface area contributed by atoms with Crippen molar-refractivity contribution in [3.05, 3.63) is 39.7 Å². The number of carbonyl (C=O) groups is 1. The van der Waals surface area contributed by atoms with Gasteiger partial charge < -0.3 is 9.15 Å². The van der Waals surface area contributed by atoms with E-state index in [0.717, 1.165) is 16.5 Å². The van der Waals surface area contributed by atoms with Crippen molar-refractivity contribution in [2.45, 2.75) is 20.8 Å². The van der Waals surface area contributed by atoms with Crippen LogP contribution in [0.3, 0.4) is 0 Å². The number of rotatable bonds is 1. The van der Waals surface area contributed by atoms with Crippen molar-refractivity contribution in [2.75, 3.05) is 0 Å². The van der Waals surface area contributed by atoms with Gasteiger partial charge >= 0.3 is 11.6 Å². The Morgan fingerprint density at radius 3 is 2.59 bits per heavy atom. The van der Waals surface area contributed by atoms with Gasteiger partial charge in [0.25, 0.3) is 0 Å². The van der Waals surface area contributed by atoms with Crippen LogP contribution in [0.1, 0.15) is 18.1 Å². The number of aryl methyl sites for hydroxylation is 1. The van der Waals surface area contributed by atoms with Gasteiger partial charge in [0.1, 0.15) is 11.3 Å². The molecule has 4 heteroatoms. The summed E-state index contributed by atoms with van der Waals surface area (Å²) in [5, 5.41) is 0.845. The summed E-state index contributed by atoms with van der Waals surface area (Å²) >= 11 is 0. The molecule has 1 heterocycles. The summed E-state index contributed by atoms with van der Waals surface area (Å²) in [6.07, 6.45) is 0. The highest BCUT2D eigenvalue weighted by Gasteiger charge is 2.11. The van der Waals surface area contributed by atoms with E-state index in [9.17, 15) is 9.59 Å². The molecule has 0 aliphatic carbocycles. The van der Waals surface area contributed by atoms with E-state index in [1.165, 1.54) is 13.0 Å². The number of esters is 1. The van der Waals surface area contributed by atoms with Gasteiger partial charge in [-0.2, -0.15) is 0 Å². The van der Waals surface area contributed by atoms with Crippen molar-refractivity contribution in [3.8, 4) is 5.75 Å². The van der Waals surface area contributed by atoms with E-state index in [1.54, 1.807) is 12.1 Å². The monoisotopic (exact) mass is 232 g/mol. The molecule has 0 saturated carbocycles. The molecule has 0 unspecified atom stereocenters. The smallest absolute Gasteiger partial charge is 0.336 e. The molecule has 1 aromatic carbocycles. The number of fused-ring (bicyclic) bond motifs is 1. The molecule has 0 bridgehead atoms. The van der Waals surface area contributed by atoms with Crippen molar-refractivity contribution in [3.63, 3.8) is 0 Å². The zero-order chi connectivity index (χ0) is 12.6. The Balaban J connectivity index is 2.75. The molecule has 0 amide bonds. The molecule has 0 atom stereocenters. The van der Waals surface area contributed by atoms with Crippen LogP contribution < -0.4 is 10.4 Å². The maximum atomic E-state index is 11.1. The van der Waals surface area contributed by atoms with Crippen molar-refractivity contribution < 1.29 is 13.9 Å². The summed E-state index contributed by atoms with van der Waals surface area (Å²) in [4.78, 5) is 22.1. The first kappa shape index (κ1) is 11.4. The number of hydrogen-bond acceptors (Lipinski definition) is 4. The van der Waals surface area contributed by atoms with E-state index >= 15 is 0 Å². The van der Waals surface area contributed by atoms with Gasteiger partial charge in [0, 0.05) is 24.4 Å². The van der Waals surface area contributed by atoms with E-state index < -0.39 is 11.6 Å². The molecule has 0 spiro atoms. The van der Waals surface area contributed by atoms with Gasteiger partial charge in [-0.05, 0) is 31.0 Å². The van der Waals surface area contributed by atoms with Gasteiger partial charge in [-0.25, -0.2) is 4.79 Å². The summed E-state index contributed by atoms with van der Waals surface area (Å²) in [7, 11) is 0. The topological polar surface area (TPSA) is 56.5 Å². The van der Waals surface area contributed by atoms with Crippen LogP contribution in [-0.2, 0) is 4.79 Å². The lowest BCUT2D eigenvalue weighted by Crippen LogP contribution is -2.04. The van der Waals surface area contributed by atoms with Gasteiger partial charge in [-0.1, -0.05) is 0 Å². The Labute approximate surface area is 97.8 Å². The molecule has 88 valence electrons. The second-order valence-electron chi connectivity index (χ2n) is 3.88. The van der Waals surface area contributed by atoms with E-state index in [1.807, 2.05) is 13.8 Å². The largest absolute Gasteiger partial charge is 0.426 e. The Hall–Kier alpha value is -2.10. The minimum atomic E-state index is -0.422. The lowest BCUT2D eigenvalue weighted by molar-refractivity contribution is -0.131. The van der Waals surface area contributed by atoms with Crippen LogP contribution >= 0.6 is 0 Å². The third kappa shape index (κ3) is 2.06.